The molecule has 0 saturated carbocycles. The second kappa shape index (κ2) is 11.0. The summed E-state index contributed by atoms with van der Waals surface area (Å²) in [5.41, 5.74) is 2.26. The number of carbonyl (C=O) groups excluding carboxylic acids is 1. The third-order valence-electron chi connectivity index (χ3n) is 6.87. The molecule has 0 radical (unpaired) electrons. The fourth-order valence-electron chi connectivity index (χ4n) is 4.74. The van der Waals surface area contributed by atoms with Crippen LogP contribution in [0.5, 0.6) is 0 Å². The van der Waals surface area contributed by atoms with Gasteiger partial charge in [-0.2, -0.15) is 10.4 Å². The van der Waals surface area contributed by atoms with Crippen LogP contribution in [-0.4, -0.2) is 75.4 Å². The second-order valence-electron chi connectivity index (χ2n) is 9.72. The first kappa shape index (κ1) is 26.6. The molecule has 0 unspecified atom stereocenters. The highest BCUT2D eigenvalue weighted by Gasteiger charge is 2.46. The molecule has 0 aliphatic carbocycles. The van der Waals surface area contributed by atoms with Gasteiger partial charge in [0, 0.05) is 42.1 Å². The molecule has 1 fully saturated rings. The van der Waals surface area contributed by atoms with E-state index in [0.717, 1.165) is 28.0 Å². The molecule has 0 spiro atoms. The second-order valence-corrected chi connectivity index (χ2v) is 12.1. The molecule has 3 aromatic heterocycles. The average molecular weight is 551 g/mol. The molecule has 1 saturated heterocycles. The van der Waals surface area contributed by atoms with Crippen molar-refractivity contribution in [2.24, 2.45) is 0 Å². The van der Waals surface area contributed by atoms with Crippen molar-refractivity contribution in [2.45, 2.75) is 18.7 Å². The van der Waals surface area contributed by atoms with Crippen LogP contribution in [0, 0.1) is 17.1 Å². The highest BCUT2D eigenvalue weighted by molar-refractivity contribution is 7.95. The van der Waals surface area contributed by atoms with Gasteiger partial charge in [0.25, 0.3) is 0 Å². The summed E-state index contributed by atoms with van der Waals surface area (Å²) in [4.78, 5) is 22.7. The van der Waals surface area contributed by atoms with Crippen molar-refractivity contribution in [2.75, 3.05) is 50.0 Å². The van der Waals surface area contributed by atoms with E-state index in [9.17, 15) is 14.4 Å². The molecule has 202 valence electrons. The lowest BCUT2D eigenvalue weighted by molar-refractivity contribution is 0.0595. The summed E-state index contributed by atoms with van der Waals surface area (Å²) < 4.78 is 28.7. The van der Waals surface area contributed by atoms with Gasteiger partial charge in [0.2, 0.25) is 0 Å². The van der Waals surface area contributed by atoms with Gasteiger partial charge in [0.15, 0.2) is 0 Å². The monoisotopic (exact) mass is 550 g/mol. The predicted octanol–water partition coefficient (Wildman–Crippen LogP) is 3.20. The van der Waals surface area contributed by atoms with Gasteiger partial charge in [-0.3, -0.25) is 4.68 Å². The molecule has 0 amide bonds. The highest BCUT2D eigenvalue weighted by Crippen LogP contribution is 2.37. The van der Waals surface area contributed by atoms with Crippen molar-refractivity contribution in [3.63, 3.8) is 0 Å². The minimum absolute atomic E-state index is 0.116. The number of aromatic nitrogens is 5. The fourth-order valence-corrected chi connectivity index (χ4v) is 5.19. The molecule has 1 aromatic carbocycles. The number of ether oxygens (including phenoxy) is 2. The third kappa shape index (κ3) is 5.20. The molecule has 10 nitrogen and oxygen atoms in total. The van der Waals surface area contributed by atoms with Crippen molar-refractivity contribution in [3.05, 3.63) is 60.6 Å². The van der Waals surface area contributed by atoms with E-state index in [-0.39, 0.29) is 12.0 Å². The Morgan fingerprint density at radius 1 is 1.26 bits per heavy atom. The van der Waals surface area contributed by atoms with Crippen LogP contribution in [0.15, 0.2) is 49.2 Å². The molecule has 1 aliphatic rings. The van der Waals surface area contributed by atoms with Crippen LogP contribution in [0.1, 0.15) is 16.8 Å². The average Bonchev–Trinajstić information content (AvgIpc) is 3.56. The van der Waals surface area contributed by atoms with Crippen molar-refractivity contribution < 1.29 is 18.7 Å². The summed E-state index contributed by atoms with van der Waals surface area (Å²) in [6.45, 7) is 2.03. The summed E-state index contributed by atoms with van der Waals surface area (Å²) in [6, 6.07) is 8.64. The van der Waals surface area contributed by atoms with Gasteiger partial charge in [-0.15, -0.1) is 0 Å². The Labute approximate surface area is 228 Å². The van der Waals surface area contributed by atoms with E-state index < -0.39 is 17.3 Å². The van der Waals surface area contributed by atoms with Crippen LogP contribution in [0.25, 0.3) is 22.3 Å². The number of hydrogen-bond donors (Lipinski definition) is 0. The van der Waals surface area contributed by atoms with E-state index >= 15 is 0 Å². The number of hydrogen-bond acceptors (Lipinski definition) is 8. The number of anilines is 1. The molecule has 5 rings (SSSR count). The Morgan fingerprint density at radius 2 is 2.08 bits per heavy atom. The molecule has 39 heavy (non-hydrogen) atoms. The van der Waals surface area contributed by atoms with Crippen LogP contribution in [0.4, 0.5) is 10.1 Å². The quantitative estimate of drug-likeness (QED) is 0.168. The molecule has 12 heteroatoms. The van der Waals surface area contributed by atoms with Crippen molar-refractivity contribution in [3.8, 4) is 17.3 Å². The normalized spacial score (nSPS) is 14.4. The minimum Gasteiger partial charge on any atom is -0.465 e. The summed E-state index contributed by atoms with van der Waals surface area (Å²) in [5, 5.41) is 15.1. The summed E-state index contributed by atoms with van der Waals surface area (Å²) >= 11 is 0. The standard InChI is InChI=1S/C27H29FN7O3S/c1-37-26(36)21-5-4-20(12-23(21)28)34-15-27(16-34,7-8-29)35-14-19(13-32-35)24-22-6-9-33(25(22)31-17-30-24)18-38-10-11-39(2)3/h4-6,9,12-14,17H,7,10-11,15-16,18H2,1-3H3/q+1. The molecule has 0 atom stereocenters. The van der Waals surface area contributed by atoms with Gasteiger partial charge in [-0.05, 0) is 35.2 Å². The maximum absolute atomic E-state index is 14.5. The summed E-state index contributed by atoms with van der Waals surface area (Å²) in [5.74, 6) is -0.351. The van der Waals surface area contributed by atoms with Crippen molar-refractivity contribution >= 4 is 33.6 Å². The minimum atomic E-state index is -0.723. The van der Waals surface area contributed by atoms with E-state index in [4.69, 9.17) is 4.74 Å². The van der Waals surface area contributed by atoms with Crippen molar-refractivity contribution in [1.82, 2.24) is 24.3 Å². The maximum Gasteiger partial charge on any atom is 0.340 e. The first-order chi connectivity index (χ1) is 18.8. The summed E-state index contributed by atoms with van der Waals surface area (Å²) in [6.07, 6.45) is 11.7. The molecule has 4 aromatic rings. The summed E-state index contributed by atoms with van der Waals surface area (Å²) in [7, 11) is 1.55. The van der Waals surface area contributed by atoms with Crippen LogP contribution >= 0.6 is 0 Å². The number of benzene rings is 1. The van der Waals surface area contributed by atoms with Gasteiger partial charge in [0.1, 0.15) is 35.8 Å². The first-order valence-corrected chi connectivity index (χ1v) is 14.5. The molecule has 0 N–H and O–H groups in total. The third-order valence-corrected chi connectivity index (χ3v) is 7.85. The lowest BCUT2D eigenvalue weighted by Crippen LogP contribution is -2.63. The van der Waals surface area contributed by atoms with E-state index in [0.29, 0.717) is 43.0 Å². The van der Waals surface area contributed by atoms with Gasteiger partial charge in [0.05, 0.1) is 56.2 Å². The number of nitrogens with zero attached hydrogens (tertiary/aromatic N) is 7. The number of fused-ring (bicyclic) bond motifs is 1. The largest absolute Gasteiger partial charge is 0.465 e. The van der Waals surface area contributed by atoms with Crippen LogP contribution < -0.4 is 4.90 Å². The van der Waals surface area contributed by atoms with Gasteiger partial charge < -0.3 is 18.9 Å². The van der Waals surface area contributed by atoms with E-state index in [1.165, 1.54) is 25.6 Å². The van der Waals surface area contributed by atoms with Gasteiger partial charge in [-0.1, -0.05) is 0 Å². The number of rotatable bonds is 10. The Kier molecular flexibility index (Phi) is 7.54. The molecule has 0 bridgehead atoms. The van der Waals surface area contributed by atoms with E-state index in [2.05, 4.69) is 38.4 Å². The fraction of sp³-hybridized carbons (Fsp3) is 0.370. The van der Waals surface area contributed by atoms with Gasteiger partial charge in [-0.25, -0.2) is 19.2 Å². The van der Waals surface area contributed by atoms with Crippen LogP contribution in [0.2, 0.25) is 0 Å². The van der Waals surface area contributed by atoms with E-state index in [1.807, 2.05) is 32.6 Å². The smallest absolute Gasteiger partial charge is 0.340 e. The Bertz CT molecular complexity index is 1540. The Morgan fingerprint density at radius 3 is 2.79 bits per heavy atom. The first-order valence-electron chi connectivity index (χ1n) is 12.3. The lowest BCUT2D eigenvalue weighted by Gasteiger charge is -2.50. The molecule has 4 heterocycles. The maximum atomic E-state index is 14.5. The SMILES string of the molecule is COC(=O)c1ccc(N2CC(CC#N)(n3cc(-c4ncnc5c4ccn5COCC[S+](C)C)cn3)C2)cc1F. The lowest BCUT2D eigenvalue weighted by atomic mass is 9.86. The molecular formula is C27H29FN7O3S+. The van der Waals surface area contributed by atoms with Crippen LogP contribution in [-0.2, 0) is 32.6 Å². The zero-order valence-corrected chi connectivity index (χ0v) is 22.8. The van der Waals surface area contributed by atoms with Gasteiger partial charge >= 0.3 is 5.97 Å². The zero-order valence-electron chi connectivity index (χ0n) is 22.0. The number of carbonyl (C=O) groups is 1. The van der Waals surface area contributed by atoms with Crippen LogP contribution in [0.3, 0.4) is 0 Å². The number of halogens is 1. The van der Waals surface area contributed by atoms with E-state index in [1.54, 1.807) is 12.3 Å². The predicted molar refractivity (Wildman–Crippen MR) is 147 cm³/mol. The highest BCUT2D eigenvalue weighted by atomic mass is 32.2. The zero-order chi connectivity index (χ0) is 27.6. The molecule has 1 aliphatic heterocycles. The van der Waals surface area contributed by atoms with Crippen molar-refractivity contribution in [1.29, 1.82) is 5.26 Å². The molecular weight excluding hydrogens is 521 g/mol. The number of methoxy groups -OCH3 is 1. The Hall–Kier alpha value is -3.95. The topological polar surface area (TPSA) is 111 Å². The Balaban J connectivity index is 1.35. The number of nitriles is 1. The number of esters is 1.